The van der Waals surface area contributed by atoms with Gasteiger partial charge in [-0.2, -0.15) is 0 Å². The maximum absolute atomic E-state index is 11.3. The van der Waals surface area contributed by atoms with Gasteiger partial charge < -0.3 is 10.5 Å². The van der Waals surface area contributed by atoms with Crippen molar-refractivity contribution in [2.24, 2.45) is 5.73 Å². The van der Waals surface area contributed by atoms with Crippen LogP contribution in [0.1, 0.15) is 17.9 Å². The van der Waals surface area contributed by atoms with E-state index < -0.39 is 17.4 Å². The van der Waals surface area contributed by atoms with E-state index in [-0.39, 0.29) is 12.4 Å². The number of halogens is 2. The van der Waals surface area contributed by atoms with Crippen LogP contribution in [0.4, 0.5) is 0 Å². The first-order valence-electron chi connectivity index (χ1n) is 4.78. The van der Waals surface area contributed by atoms with Crippen LogP contribution in [0.3, 0.4) is 0 Å². The maximum Gasteiger partial charge on any atom is 0.324 e. The lowest BCUT2D eigenvalue weighted by Gasteiger charge is -2.16. The van der Waals surface area contributed by atoms with E-state index in [1.165, 1.54) is 0 Å². The smallest absolute Gasteiger partial charge is 0.324 e. The molecule has 0 amide bonds. The maximum atomic E-state index is 11.3. The third kappa shape index (κ3) is 4.00. The van der Waals surface area contributed by atoms with Crippen molar-refractivity contribution in [3.63, 3.8) is 0 Å². The molecule has 0 saturated heterocycles. The lowest BCUT2D eigenvalue weighted by atomic mass is 10.1. The van der Waals surface area contributed by atoms with Crippen molar-refractivity contribution in [3.05, 3.63) is 35.9 Å². The highest BCUT2D eigenvalue weighted by Gasteiger charge is 2.24. The minimum Gasteiger partial charge on any atom is -0.465 e. The highest BCUT2D eigenvalue weighted by Crippen LogP contribution is 2.23. The molecule has 5 heteroatoms. The summed E-state index contributed by atoms with van der Waals surface area (Å²) in [4.78, 5) is 11.3. The van der Waals surface area contributed by atoms with E-state index in [1.54, 1.807) is 6.92 Å². The quantitative estimate of drug-likeness (QED) is 0.670. The van der Waals surface area contributed by atoms with Crippen LogP contribution >= 0.6 is 24.0 Å². The summed E-state index contributed by atoms with van der Waals surface area (Å²) < 4.78 is 4.80. The Morgan fingerprint density at radius 1 is 1.44 bits per heavy atom. The van der Waals surface area contributed by atoms with Gasteiger partial charge in [0.15, 0.2) is 0 Å². The molecule has 0 aliphatic carbocycles. The molecule has 2 unspecified atom stereocenters. The summed E-state index contributed by atoms with van der Waals surface area (Å²) in [5, 5.41) is -0.551. The van der Waals surface area contributed by atoms with E-state index in [1.807, 2.05) is 30.3 Å². The number of alkyl halides is 1. The molecule has 0 spiro atoms. The Hall–Kier alpha value is -0.770. The van der Waals surface area contributed by atoms with Crippen LogP contribution in [0.25, 0.3) is 0 Å². The minimum absolute atomic E-state index is 0. The van der Waals surface area contributed by atoms with Crippen molar-refractivity contribution in [3.8, 4) is 0 Å². The van der Waals surface area contributed by atoms with E-state index >= 15 is 0 Å². The van der Waals surface area contributed by atoms with Crippen molar-refractivity contribution in [2.45, 2.75) is 18.3 Å². The number of benzene rings is 1. The highest BCUT2D eigenvalue weighted by molar-refractivity contribution is 6.22. The molecule has 90 valence electrons. The zero-order valence-electron chi connectivity index (χ0n) is 8.93. The lowest BCUT2D eigenvalue weighted by molar-refractivity contribution is -0.144. The van der Waals surface area contributed by atoms with Gasteiger partial charge in [-0.25, -0.2) is 0 Å². The number of esters is 1. The molecule has 0 aromatic heterocycles. The van der Waals surface area contributed by atoms with Crippen LogP contribution in [-0.4, -0.2) is 18.6 Å². The summed E-state index contributed by atoms with van der Waals surface area (Å²) in [5.41, 5.74) is 6.49. The molecule has 0 saturated carbocycles. The molecule has 3 nitrogen and oxygen atoms in total. The van der Waals surface area contributed by atoms with Gasteiger partial charge in [-0.1, -0.05) is 30.3 Å². The summed E-state index contributed by atoms with van der Waals surface area (Å²) in [6.45, 7) is 2.04. The molecule has 0 aliphatic heterocycles. The summed E-state index contributed by atoms with van der Waals surface area (Å²) >= 11 is 6.06. The Balaban J connectivity index is 0.00000225. The predicted octanol–water partition coefficient (Wildman–Crippen LogP) is 2.28. The highest BCUT2D eigenvalue weighted by atomic mass is 35.5. The number of hydrogen-bond acceptors (Lipinski definition) is 3. The fourth-order valence-corrected chi connectivity index (χ4v) is 1.45. The van der Waals surface area contributed by atoms with Crippen LogP contribution in [-0.2, 0) is 9.53 Å². The van der Waals surface area contributed by atoms with Gasteiger partial charge in [0.1, 0.15) is 6.04 Å². The van der Waals surface area contributed by atoms with Crippen LogP contribution in [0.15, 0.2) is 30.3 Å². The van der Waals surface area contributed by atoms with Gasteiger partial charge in [-0.05, 0) is 12.5 Å². The van der Waals surface area contributed by atoms with E-state index in [2.05, 4.69) is 0 Å². The average molecular weight is 264 g/mol. The van der Waals surface area contributed by atoms with Gasteiger partial charge in [-0.3, -0.25) is 4.79 Å². The minimum atomic E-state index is -0.825. The second-order valence-corrected chi connectivity index (χ2v) is 3.56. The van der Waals surface area contributed by atoms with E-state index in [4.69, 9.17) is 22.1 Å². The van der Waals surface area contributed by atoms with Crippen LogP contribution in [0.5, 0.6) is 0 Å². The molecule has 16 heavy (non-hydrogen) atoms. The van der Waals surface area contributed by atoms with Crippen molar-refractivity contribution >= 4 is 30.0 Å². The fourth-order valence-electron chi connectivity index (χ4n) is 1.20. The second kappa shape index (κ2) is 7.49. The van der Waals surface area contributed by atoms with E-state index in [9.17, 15) is 4.79 Å². The summed E-state index contributed by atoms with van der Waals surface area (Å²) in [6.07, 6.45) is 0. The average Bonchev–Trinajstić information content (AvgIpc) is 2.28. The van der Waals surface area contributed by atoms with Crippen LogP contribution in [0, 0.1) is 0 Å². The lowest BCUT2D eigenvalue weighted by Crippen LogP contribution is -2.36. The van der Waals surface area contributed by atoms with E-state index in [0.717, 1.165) is 5.56 Å². The normalized spacial score (nSPS) is 13.4. The SMILES string of the molecule is CCOC(=O)C(N)C(Cl)c1ccccc1.Cl. The molecule has 1 aromatic rings. The molecule has 1 aromatic carbocycles. The summed E-state index contributed by atoms with van der Waals surface area (Å²) in [6, 6.07) is 8.41. The standard InChI is InChI=1S/C11H14ClNO2.ClH/c1-2-15-11(14)10(13)9(12)8-6-4-3-5-7-8;/h3-7,9-10H,2,13H2,1H3;1H. The Labute approximate surface area is 106 Å². The molecule has 0 aliphatic rings. The Morgan fingerprint density at radius 3 is 2.50 bits per heavy atom. The van der Waals surface area contributed by atoms with Gasteiger partial charge in [0.05, 0.1) is 12.0 Å². The largest absolute Gasteiger partial charge is 0.465 e. The van der Waals surface area contributed by atoms with Crippen LogP contribution < -0.4 is 5.73 Å². The van der Waals surface area contributed by atoms with Gasteiger partial charge >= 0.3 is 5.97 Å². The van der Waals surface area contributed by atoms with Gasteiger partial charge in [0.2, 0.25) is 0 Å². The number of nitrogens with two attached hydrogens (primary N) is 1. The number of carbonyl (C=O) groups excluding carboxylic acids is 1. The van der Waals surface area contributed by atoms with Gasteiger partial charge in [0, 0.05) is 0 Å². The first-order valence-corrected chi connectivity index (χ1v) is 5.21. The molecule has 0 bridgehead atoms. The molecular weight excluding hydrogens is 249 g/mol. The number of hydrogen-bond donors (Lipinski definition) is 1. The van der Waals surface area contributed by atoms with Gasteiger partial charge in [-0.15, -0.1) is 24.0 Å². The van der Waals surface area contributed by atoms with Gasteiger partial charge in [0.25, 0.3) is 0 Å². The van der Waals surface area contributed by atoms with Crippen LogP contribution in [0.2, 0.25) is 0 Å². The summed E-state index contributed by atoms with van der Waals surface area (Å²) in [5.74, 6) is -0.471. The third-order valence-electron chi connectivity index (χ3n) is 1.99. The van der Waals surface area contributed by atoms with Crippen molar-refractivity contribution in [1.29, 1.82) is 0 Å². The first kappa shape index (κ1) is 15.2. The first-order chi connectivity index (χ1) is 7.16. The zero-order valence-corrected chi connectivity index (χ0v) is 10.5. The topological polar surface area (TPSA) is 52.3 Å². The molecule has 0 heterocycles. The second-order valence-electron chi connectivity index (χ2n) is 3.09. The Morgan fingerprint density at radius 2 is 2.00 bits per heavy atom. The Bertz CT molecular complexity index is 319. The number of rotatable bonds is 4. The van der Waals surface area contributed by atoms with Crippen molar-refractivity contribution in [1.82, 2.24) is 0 Å². The molecule has 0 radical (unpaired) electrons. The van der Waals surface area contributed by atoms with Crippen molar-refractivity contribution in [2.75, 3.05) is 6.61 Å². The molecule has 0 fully saturated rings. The monoisotopic (exact) mass is 263 g/mol. The summed E-state index contributed by atoms with van der Waals surface area (Å²) in [7, 11) is 0. The Kier molecular flexibility index (Phi) is 7.13. The number of carbonyl (C=O) groups is 1. The molecular formula is C11H15Cl2NO2. The third-order valence-corrected chi connectivity index (χ3v) is 2.52. The molecule has 2 atom stereocenters. The molecule has 2 N–H and O–H groups in total. The van der Waals surface area contributed by atoms with E-state index in [0.29, 0.717) is 6.61 Å². The predicted molar refractivity (Wildman–Crippen MR) is 66.9 cm³/mol. The zero-order chi connectivity index (χ0) is 11.3. The van der Waals surface area contributed by atoms with Crippen molar-refractivity contribution < 1.29 is 9.53 Å². The molecule has 1 rings (SSSR count). The fraction of sp³-hybridized carbons (Fsp3) is 0.364. The number of ether oxygens (including phenoxy) is 1.